The van der Waals surface area contributed by atoms with Crippen LogP contribution < -0.4 is 0 Å². The highest BCUT2D eigenvalue weighted by atomic mass is 79.9. The molecule has 0 N–H and O–H groups in total. The van der Waals surface area contributed by atoms with Crippen LogP contribution >= 0.6 is 15.9 Å². The van der Waals surface area contributed by atoms with Crippen LogP contribution in [-0.2, 0) is 4.43 Å². The molecule has 1 rings (SSSR count). The molecule has 0 saturated heterocycles. The van der Waals surface area contributed by atoms with E-state index in [1.165, 1.54) is 6.07 Å². The molecule has 1 aromatic rings. The second-order valence-corrected chi connectivity index (χ2v) is 9.82. The van der Waals surface area contributed by atoms with Crippen molar-refractivity contribution in [3.8, 4) is 0 Å². The van der Waals surface area contributed by atoms with Gasteiger partial charge in [-0.25, -0.2) is 9.38 Å². The van der Waals surface area contributed by atoms with Gasteiger partial charge in [-0.3, -0.25) is 0 Å². The Balaban J connectivity index is 2.71. The van der Waals surface area contributed by atoms with E-state index in [1.807, 2.05) is 0 Å². The van der Waals surface area contributed by atoms with Crippen molar-refractivity contribution in [1.82, 2.24) is 0 Å². The molecule has 0 aromatic heterocycles. The molecule has 0 aliphatic heterocycles. The first-order valence-corrected chi connectivity index (χ1v) is 9.35. The zero-order valence-corrected chi connectivity index (χ0v) is 12.7. The lowest BCUT2D eigenvalue weighted by Crippen LogP contribution is -2.24. The summed E-state index contributed by atoms with van der Waals surface area (Å²) < 4.78 is 19.0. The van der Waals surface area contributed by atoms with Gasteiger partial charge in [-0.1, -0.05) is 6.07 Å². The SMILES string of the molecule is C=C(/N=C/c1ccc(F)c(Br)c1)O[Si](C)(C)C. The summed E-state index contributed by atoms with van der Waals surface area (Å²) in [5, 5.41) is 0. The Hall–Kier alpha value is -0.943. The molecule has 17 heavy (non-hydrogen) atoms. The summed E-state index contributed by atoms with van der Waals surface area (Å²) >= 11 is 3.12. The van der Waals surface area contributed by atoms with E-state index < -0.39 is 8.32 Å². The van der Waals surface area contributed by atoms with E-state index in [2.05, 4.69) is 47.1 Å². The number of benzene rings is 1. The highest BCUT2D eigenvalue weighted by Gasteiger charge is 2.16. The van der Waals surface area contributed by atoms with Gasteiger partial charge in [0, 0.05) is 6.21 Å². The lowest BCUT2D eigenvalue weighted by molar-refractivity contribution is 0.421. The van der Waals surface area contributed by atoms with Crippen LogP contribution in [0, 0.1) is 5.82 Å². The standard InChI is InChI=1S/C12H15BrFNOSi/c1-9(16-17(2,3)4)15-8-10-5-6-12(14)11(13)7-10/h5-8H,1H2,2-4H3/b15-8+. The molecule has 0 heterocycles. The number of aliphatic imine (C=N–C) groups is 1. The fourth-order valence-electron chi connectivity index (χ4n) is 1.12. The monoisotopic (exact) mass is 315 g/mol. The highest BCUT2D eigenvalue weighted by Crippen LogP contribution is 2.16. The summed E-state index contributed by atoms with van der Waals surface area (Å²) in [4.78, 5) is 4.10. The van der Waals surface area contributed by atoms with E-state index >= 15 is 0 Å². The van der Waals surface area contributed by atoms with Crippen molar-refractivity contribution in [2.45, 2.75) is 19.6 Å². The van der Waals surface area contributed by atoms with Gasteiger partial charge in [-0.2, -0.15) is 0 Å². The zero-order chi connectivity index (χ0) is 13.1. The van der Waals surface area contributed by atoms with Crippen LogP contribution in [0.5, 0.6) is 0 Å². The third kappa shape index (κ3) is 5.28. The molecule has 1 aromatic carbocycles. The Bertz CT molecular complexity index is 454. The Labute approximate surface area is 110 Å². The molecule has 0 spiro atoms. The minimum atomic E-state index is -1.66. The average molecular weight is 316 g/mol. The number of rotatable bonds is 4. The number of hydrogen-bond donors (Lipinski definition) is 0. The molecule has 0 radical (unpaired) electrons. The van der Waals surface area contributed by atoms with Crippen molar-refractivity contribution in [2.75, 3.05) is 0 Å². The Morgan fingerprint density at radius 1 is 1.47 bits per heavy atom. The van der Waals surface area contributed by atoms with Crippen LogP contribution in [0.25, 0.3) is 0 Å². The van der Waals surface area contributed by atoms with E-state index in [0.29, 0.717) is 10.4 Å². The average Bonchev–Trinajstić information content (AvgIpc) is 2.17. The highest BCUT2D eigenvalue weighted by molar-refractivity contribution is 9.10. The Morgan fingerprint density at radius 2 is 2.12 bits per heavy atom. The second-order valence-electron chi connectivity index (χ2n) is 4.54. The molecule has 2 nitrogen and oxygen atoms in total. The molecule has 92 valence electrons. The van der Waals surface area contributed by atoms with Crippen LogP contribution in [0.3, 0.4) is 0 Å². The first-order chi connectivity index (χ1) is 7.78. The maximum absolute atomic E-state index is 13.0. The fraction of sp³-hybridized carbons (Fsp3) is 0.250. The van der Waals surface area contributed by atoms with Crippen LogP contribution in [-0.4, -0.2) is 14.5 Å². The first-order valence-electron chi connectivity index (χ1n) is 5.15. The molecule has 0 bridgehead atoms. The minimum absolute atomic E-state index is 0.292. The second kappa shape index (κ2) is 5.60. The van der Waals surface area contributed by atoms with Gasteiger partial charge < -0.3 is 4.43 Å². The summed E-state index contributed by atoms with van der Waals surface area (Å²) in [6, 6.07) is 4.68. The summed E-state index contributed by atoms with van der Waals surface area (Å²) in [5.74, 6) is 0.101. The summed E-state index contributed by atoms with van der Waals surface area (Å²) in [5.41, 5.74) is 0.790. The molecule has 5 heteroatoms. The Morgan fingerprint density at radius 3 is 2.65 bits per heavy atom. The lowest BCUT2D eigenvalue weighted by atomic mass is 10.2. The quantitative estimate of drug-likeness (QED) is 0.460. The van der Waals surface area contributed by atoms with Gasteiger partial charge in [-0.05, 0) is 59.8 Å². The van der Waals surface area contributed by atoms with Crippen molar-refractivity contribution in [2.24, 2.45) is 4.99 Å². The summed E-state index contributed by atoms with van der Waals surface area (Å²) in [6.45, 7) is 9.90. The normalized spacial score (nSPS) is 11.8. The summed E-state index contributed by atoms with van der Waals surface area (Å²) in [6.07, 6.45) is 1.60. The summed E-state index contributed by atoms with van der Waals surface area (Å²) in [7, 11) is -1.66. The zero-order valence-electron chi connectivity index (χ0n) is 10.1. The molecular formula is C12H15BrFNOSi. The van der Waals surface area contributed by atoms with Gasteiger partial charge in [0.15, 0.2) is 5.88 Å². The minimum Gasteiger partial charge on any atom is -0.532 e. The fourth-order valence-corrected chi connectivity index (χ4v) is 2.28. The van der Waals surface area contributed by atoms with Crippen LogP contribution in [0.2, 0.25) is 19.6 Å². The number of nitrogens with zero attached hydrogens (tertiary/aromatic N) is 1. The predicted molar refractivity (Wildman–Crippen MR) is 75.3 cm³/mol. The molecule has 0 unspecified atom stereocenters. The smallest absolute Gasteiger partial charge is 0.244 e. The Kier molecular flexibility index (Phi) is 4.65. The number of halogens is 2. The van der Waals surface area contributed by atoms with Crippen LogP contribution in [0.4, 0.5) is 4.39 Å². The van der Waals surface area contributed by atoms with E-state index in [-0.39, 0.29) is 5.82 Å². The molecule has 0 amide bonds. The topological polar surface area (TPSA) is 21.6 Å². The third-order valence-electron chi connectivity index (χ3n) is 1.73. The van der Waals surface area contributed by atoms with E-state index in [4.69, 9.17) is 4.43 Å². The first kappa shape index (κ1) is 14.1. The van der Waals surface area contributed by atoms with Gasteiger partial charge in [0.1, 0.15) is 5.82 Å². The van der Waals surface area contributed by atoms with Crippen molar-refractivity contribution in [3.63, 3.8) is 0 Å². The van der Waals surface area contributed by atoms with E-state index in [1.54, 1.807) is 18.3 Å². The van der Waals surface area contributed by atoms with Gasteiger partial charge in [0.2, 0.25) is 8.32 Å². The third-order valence-corrected chi connectivity index (χ3v) is 3.18. The molecule has 0 aliphatic carbocycles. The van der Waals surface area contributed by atoms with Crippen molar-refractivity contribution >= 4 is 30.5 Å². The van der Waals surface area contributed by atoms with Crippen molar-refractivity contribution < 1.29 is 8.82 Å². The molecule has 0 aliphatic rings. The maximum atomic E-state index is 13.0. The predicted octanol–water partition coefficient (Wildman–Crippen LogP) is 4.33. The van der Waals surface area contributed by atoms with Gasteiger partial charge in [0.05, 0.1) is 4.47 Å². The largest absolute Gasteiger partial charge is 0.532 e. The van der Waals surface area contributed by atoms with Gasteiger partial charge in [-0.15, -0.1) is 0 Å². The lowest BCUT2D eigenvalue weighted by Gasteiger charge is -2.17. The van der Waals surface area contributed by atoms with Gasteiger partial charge >= 0.3 is 0 Å². The molecular weight excluding hydrogens is 301 g/mol. The molecule has 0 fully saturated rings. The molecule has 0 saturated carbocycles. The van der Waals surface area contributed by atoms with Crippen LogP contribution in [0.15, 0.2) is 40.1 Å². The van der Waals surface area contributed by atoms with Gasteiger partial charge in [0.25, 0.3) is 0 Å². The van der Waals surface area contributed by atoms with Crippen molar-refractivity contribution in [3.05, 3.63) is 46.5 Å². The number of hydrogen-bond acceptors (Lipinski definition) is 2. The van der Waals surface area contributed by atoms with E-state index in [0.717, 1.165) is 5.56 Å². The van der Waals surface area contributed by atoms with E-state index in [9.17, 15) is 4.39 Å². The molecule has 0 atom stereocenters. The van der Waals surface area contributed by atoms with Crippen LogP contribution in [0.1, 0.15) is 5.56 Å². The maximum Gasteiger partial charge on any atom is 0.244 e. The van der Waals surface area contributed by atoms with Crippen molar-refractivity contribution in [1.29, 1.82) is 0 Å².